The Bertz CT molecular complexity index is 1230. The molecular formula is C26H29Cl2N3O8Pt. The van der Waals surface area contributed by atoms with Gasteiger partial charge in [0.2, 0.25) is 18.4 Å². The molecule has 1 aliphatic carbocycles. The molecule has 0 saturated carbocycles. The van der Waals surface area contributed by atoms with E-state index in [1.165, 1.54) is 14.2 Å². The monoisotopic (exact) mass is 776 g/mol. The summed E-state index contributed by atoms with van der Waals surface area (Å²) in [5, 5.41) is 13.5. The number of methoxy groups -OCH3 is 2. The summed E-state index contributed by atoms with van der Waals surface area (Å²) in [6.07, 6.45) is 0.376. The van der Waals surface area contributed by atoms with Crippen LogP contribution in [0.3, 0.4) is 0 Å². The van der Waals surface area contributed by atoms with Gasteiger partial charge in [-0.3, -0.25) is 9.59 Å². The fraction of sp³-hybridized carbons (Fsp3) is 0.462. The van der Waals surface area contributed by atoms with E-state index >= 15 is 0 Å². The van der Waals surface area contributed by atoms with Gasteiger partial charge < -0.3 is 45.6 Å². The van der Waals surface area contributed by atoms with Gasteiger partial charge in [-0.2, -0.15) is 12.6 Å². The van der Waals surface area contributed by atoms with Gasteiger partial charge in [-0.1, -0.05) is 6.42 Å². The number of carbonyl (C=O) groups is 2. The van der Waals surface area contributed by atoms with Crippen molar-refractivity contribution in [3.8, 4) is 28.7 Å². The van der Waals surface area contributed by atoms with E-state index in [2.05, 4.69) is 5.32 Å². The number of cyclic esters (lactones) is 1. The Hall–Kier alpha value is -2.43. The summed E-state index contributed by atoms with van der Waals surface area (Å²) in [5.74, 6) is -0.812. The van der Waals surface area contributed by atoms with Crippen LogP contribution in [0.15, 0.2) is 24.3 Å². The molecule has 0 bridgehead atoms. The average molecular weight is 778 g/mol. The Kier molecular flexibility index (Phi) is 10.3. The van der Waals surface area contributed by atoms with Crippen LogP contribution in [0.2, 0.25) is 0 Å². The number of nitrogens with one attached hydrogen (secondary N) is 3. The van der Waals surface area contributed by atoms with Crippen molar-refractivity contribution in [1.82, 2.24) is 5.32 Å². The molecule has 14 heteroatoms. The van der Waals surface area contributed by atoms with Crippen molar-refractivity contribution >= 4 is 30.7 Å². The predicted molar refractivity (Wildman–Crippen MR) is 143 cm³/mol. The minimum absolute atomic E-state index is 0.0632. The number of aromatic hydroxyl groups is 1. The molecule has 0 unspecified atom stereocenters. The maximum absolute atomic E-state index is 13.1. The van der Waals surface area contributed by atoms with Crippen LogP contribution in [0.4, 0.5) is 0 Å². The topological polar surface area (TPSA) is 160 Å². The van der Waals surface area contributed by atoms with E-state index in [-0.39, 0.29) is 67.8 Å². The number of benzene rings is 2. The third-order valence-corrected chi connectivity index (χ3v) is 7.33. The number of phenolic OH excluding ortho intramolecular Hbond substituents is 1. The molecule has 2 heterocycles. The molecular weight excluding hydrogens is 748 g/mol. The van der Waals surface area contributed by atoms with Crippen LogP contribution < -0.4 is 24.3 Å². The van der Waals surface area contributed by atoms with Crippen molar-refractivity contribution in [2.45, 2.75) is 30.8 Å². The maximum atomic E-state index is 13.1. The summed E-state index contributed by atoms with van der Waals surface area (Å²) in [6.45, 7) is 0.115. The standard InChI is InChI=1S/C26H29N3O8.2ClH.Pt/c1-33-19-5-12(6-20(34-2)25(19)31)22-14-7-17-18(37-11-36-17)8-15(14)24(16-10-35-26(32)23(16)22)29-21(30)4-3-13(28)9-27;;;/h5-8,13,16,22-24,27-28,31H,3-4,9-11H2,1-2H3,(H,29,30);2*1H;/q-2;;;+4/p-2/t13-,16+,22-,23+,24+;;;/m1.../s1. The van der Waals surface area contributed by atoms with Crippen LogP contribution in [0.5, 0.6) is 28.7 Å². The van der Waals surface area contributed by atoms with E-state index < -0.39 is 40.4 Å². The second-order valence-corrected chi connectivity index (χ2v) is 12.7. The number of hydrogen-bond acceptors (Lipinski definition) is 8. The van der Waals surface area contributed by atoms with Crippen LogP contribution in [0.1, 0.15) is 41.5 Å². The number of hydrogen-bond donors (Lipinski definition) is 2. The Morgan fingerprint density at radius 1 is 1.12 bits per heavy atom. The first-order valence-electron chi connectivity index (χ1n) is 12.3. The molecule has 0 spiro atoms. The molecule has 5 rings (SSSR count). The summed E-state index contributed by atoms with van der Waals surface area (Å²) in [4.78, 5) is 26.1. The molecule has 220 valence electrons. The molecule has 11 nitrogen and oxygen atoms in total. The Labute approximate surface area is 248 Å². The van der Waals surface area contributed by atoms with E-state index in [0.29, 0.717) is 17.1 Å². The molecule has 40 heavy (non-hydrogen) atoms. The van der Waals surface area contributed by atoms with Gasteiger partial charge in [-0.05, 0) is 41.0 Å². The van der Waals surface area contributed by atoms with Gasteiger partial charge in [0, 0.05) is 18.3 Å². The van der Waals surface area contributed by atoms with Crippen molar-refractivity contribution in [1.29, 1.82) is 0 Å². The molecule has 1 saturated heterocycles. The van der Waals surface area contributed by atoms with Gasteiger partial charge in [-0.25, -0.2) is 0 Å². The van der Waals surface area contributed by atoms with Crippen molar-refractivity contribution < 1.29 is 54.9 Å². The van der Waals surface area contributed by atoms with Gasteiger partial charge >= 0.3 is 41.3 Å². The average Bonchev–Trinajstić information content (AvgIpc) is 3.57. The molecule has 1 fully saturated rings. The van der Waals surface area contributed by atoms with Gasteiger partial charge in [0.1, 0.15) is 0 Å². The summed E-state index contributed by atoms with van der Waals surface area (Å²) in [6, 6.07) is 5.84. The number of fused-ring (bicyclic) bond motifs is 3. The van der Waals surface area contributed by atoms with E-state index in [9.17, 15) is 14.7 Å². The fourth-order valence-corrected chi connectivity index (χ4v) is 5.49. The first kappa shape index (κ1) is 30.5. The second kappa shape index (κ2) is 13.5. The summed E-state index contributed by atoms with van der Waals surface area (Å²) < 4.78 is 27.5. The van der Waals surface area contributed by atoms with Gasteiger partial charge in [0.25, 0.3) is 0 Å². The van der Waals surface area contributed by atoms with Crippen LogP contribution in [0.25, 0.3) is 11.5 Å². The molecule has 2 aliphatic heterocycles. The first-order valence-corrected chi connectivity index (χ1v) is 17.9. The van der Waals surface area contributed by atoms with Gasteiger partial charge in [-0.15, -0.1) is 0 Å². The number of esters is 1. The number of amides is 1. The second-order valence-electron chi connectivity index (χ2n) is 9.44. The van der Waals surface area contributed by atoms with Crippen molar-refractivity contribution in [3.05, 3.63) is 52.4 Å². The van der Waals surface area contributed by atoms with Crippen LogP contribution >= 0.6 is 18.8 Å². The Balaban J connectivity index is 0.00000118. The van der Waals surface area contributed by atoms with Crippen LogP contribution in [0, 0.1) is 11.8 Å². The summed E-state index contributed by atoms with van der Waals surface area (Å²) in [5.41, 5.74) is 17.3. The zero-order valence-electron chi connectivity index (χ0n) is 21.6. The first-order chi connectivity index (χ1) is 19.3. The molecule has 1 amide bonds. The Morgan fingerprint density at radius 3 is 2.30 bits per heavy atom. The molecule has 0 aromatic heterocycles. The molecule has 2 aromatic carbocycles. The SMILES string of the molecule is COc1cc([C@@H]2c3cc4c(cc3[C@H](NC(=O)CC[C@@H]([NH-])C[NH-])[C@H]3COC(=O)[C@H]23)OCO4)cc(OC)c1O.[Cl][Pt+2][Cl]. The number of ether oxygens (including phenoxy) is 5. The number of phenols is 1. The minimum atomic E-state index is -0.633. The van der Waals surface area contributed by atoms with E-state index in [1.54, 1.807) is 12.1 Å². The summed E-state index contributed by atoms with van der Waals surface area (Å²) in [7, 11) is 12.6. The normalized spacial score (nSPS) is 22.8. The molecule has 2 aromatic rings. The zero-order chi connectivity index (χ0) is 29.0. The Morgan fingerprint density at radius 2 is 1.73 bits per heavy atom. The third kappa shape index (κ3) is 6.09. The quantitative estimate of drug-likeness (QED) is 0.360. The van der Waals surface area contributed by atoms with Gasteiger partial charge in [0.05, 0.1) is 32.8 Å². The number of rotatable bonds is 8. The van der Waals surface area contributed by atoms with Crippen LogP contribution in [-0.4, -0.2) is 57.2 Å². The van der Waals surface area contributed by atoms with Crippen molar-refractivity contribution in [2.24, 2.45) is 11.8 Å². The number of halogens is 2. The van der Waals surface area contributed by atoms with Crippen molar-refractivity contribution in [2.75, 3.05) is 34.2 Å². The molecule has 4 N–H and O–H groups in total. The molecule has 5 atom stereocenters. The van der Waals surface area contributed by atoms with E-state index in [4.69, 9.17) is 54.0 Å². The third-order valence-electron chi connectivity index (χ3n) is 7.33. The molecule has 0 radical (unpaired) electrons. The number of carbonyl (C=O) groups excluding carboxylic acids is 2. The van der Waals surface area contributed by atoms with Gasteiger partial charge in [0.15, 0.2) is 23.0 Å². The predicted octanol–water partition coefficient (Wildman–Crippen LogP) is 4.86. The molecule has 3 aliphatic rings. The van der Waals surface area contributed by atoms with Crippen molar-refractivity contribution in [3.63, 3.8) is 0 Å². The van der Waals surface area contributed by atoms with E-state index in [0.717, 1.165) is 11.1 Å². The zero-order valence-corrected chi connectivity index (χ0v) is 25.4. The summed E-state index contributed by atoms with van der Waals surface area (Å²) >= 11 is -0.472. The fourth-order valence-electron chi connectivity index (χ4n) is 5.49. The van der Waals surface area contributed by atoms with E-state index in [1.807, 2.05) is 12.1 Å². The van der Waals surface area contributed by atoms with Crippen LogP contribution in [-0.2, 0) is 30.8 Å².